The van der Waals surface area contributed by atoms with Crippen LogP contribution >= 0.6 is 0 Å². The minimum atomic E-state index is -0.909. The Bertz CT molecular complexity index is 1370. The number of nitrogens with one attached hydrogen (secondary N) is 1. The zero-order valence-electron chi connectivity index (χ0n) is 19.0. The quantitative estimate of drug-likeness (QED) is 0.297. The van der Waals surface area contributed by atoms with Crippen molar-refractivity contribution in [1.82, 2.24) is 0 Å². The normalized spacial score (nSPS) is 10.5. The molecule has 2 amide bonds. The first-order chi connectivity index (χ1) is 17.4. The molecule has 0 atom stereocenters. The van der Waals surface area contributed by atoms with Crippen LogP contribution in [0.2, 0.25) is 0 Å². The van der Waals surface area contributed by atoms with Gasteiger partial charge in [0.15, 0.2) is 0 Å². The van der Waals surface area contributed by atoms with E-state index in [-0.39, 0.29) is 24.9 Å². The number of anilines is 1. The Morgan fingerprint density at radius 2 is 1.42 bits per heavy atom. The maximum absolute atomic E-state index is 13.5. The van der Waals surface area contributed by atoms with Gasteiger partial charge in [-0.15, -0.1) is 0 Å². The lowest BCUT2D eigenvalue weighted by Gasteiger charge is -2.14. The molecular formula is C28H22F2N2O4. The molecule has 36 heavy (non-hydrogen) atoms. The van der Waals surface area contributed by atoms with Crippen LogP contribution < -0.4 is 15.8 Å². The third kappa shape index (κ3) is 6.24. The number of nitrogens with two attached hydrogens (primary N) is 1. The summed E-state index contributed by atoms with van der Waals surface area (Å²) >= 11 is 0. The molecule has 4 rings (SSSR count). The van der Waals surface area contributed by atoms with Crippen LogP contribution in [0.15, 0.2) is 91.0 Å². The number of rotatable bonds is 8. The number of carbonyl (C=O) groups is 2. The Morgan fingerprint density at radius 3 is 2.08 bits per heavy atom. The highest BCUT2D eigenvalue weighted by Crippen LogP contribution is 2.32. The van der Waals surface area contributed by atoms with Crippen molar-refractivity contribution in [1.29, 1.82) is 0 Å². The fourth-order valence-electron chi connectivity index (χ4n) is 3.57. The highest BCUT2D eigenvalue weighted by Gasteiger charge is 2.14. The first-order valence-electron chi connectivity index (χ1n) is 11.0. The van der Waals surface area contributed by atoms with E-state index >= 15 is 0 Å². The summed E-state index contributed by atoms with van der Waals surface area (Å²) in [6.45, 7) is -0.0102. The molecule has 0 saturated heterocycles. The lowest BCUT2D eigenvalue weighted by Crippen LogP contribution is -2.17. The molecule has 3 N–H and O–H groups in total. The van der Waals surface area contributed by atoms with Crippen LogP contribution in [0.5, 0.6) is 5.75 Å². The van der Waals surface area contributed by atoms with Gasteiger partial charge in [-0.05, 0) is 71.3 Å². The molecule has 8 heteroatoms. The summed E-state index contributed by atoms with van der Waals surface area (Å²) in [6, 6.07) is 23.9. The zero-order valence-corrected chi connectivity index (χ0v) is 19.0. The second-order valence-electron chi connectivity index (χ2n) is 7.78. The van der Waals surface area contributed by atoms with Gasteiger partial charge in [-0.3, -0.25) is 4.79 Å². The Labute approximate surface area is 206 Å². The summed E-state index contributed by atoms with van der Waals surface area (Å²) in [6.07, 6.45) is -0.909. The lowest BCUT2D eigenvalue weighted by molar-refractivity contribution is 0.102. The molecule has 182 valence electrons. The Balaban J connectivity index is 1.57. The van der Waals surface area contributed by atoms with E-state index in [1.807, 2.05) is 6.07 Å². The van der Waals surface area contributed by atoms with Crippen molar-refractivity contribution in [3.63, 3.8) is 0 Å². The van der Waals surface area contributed by atoms with Gasteiger partial charge in [0, 0.05) is 16.8 Å². The van der Waals surface area contributed by atoms with E-state index in [1.165, 1.54) is 24.3 Å². The number of ether oxygens (including phenoxy) is 2. The molecule has 0 fully saturated rings. The number of carbonyl (C=O) groups excluding carboxylic acids is 2. The van der Waals surface area contributed by atoms with Crippen LogP contribution in [0.3, 0.4) is 0 Å². The van der Waals surface area contributed by atoms with Crippen LogP contribution in [0, 0.1) is 11.6 Å². The molecule has 0 unspecified atom stereocenters. The molecule has 0 aliphatic heterocycles. The van der Waals surface area contributed by atoms with Gasteiger partial charge in [0.2, 0.25) is 0 Å². The van der Waals surface area contributed by atoms with Crippen LogP contribution in [-0.4, -0.2) is 25.2 Å². The average molecular weight is 488 g/mol. The summed E-state index contributed by atoms with van der Waals surface area (Å²) in [5.74, 6) is -0.665. The third-order valence-corrected chi connectivity index (χ3v) is 5.28. The molecule has 0 aliphatic carbocycles. The maximum Gasteiger partial charge on any atom is 0.404 e. The SMILES string of the molecule is NC(=O)OCCOc1ccc(C(=O)Nc2cccc(-c3ccc(F)cc3)c2)cc1-c1ccc(F)cc1. The molecule has 0 aliphatic rings. The molecule has 4 aromatic rings. The second kappa shape index (κ2) is 11.1. The van der Waals surface area contributed by atoms with Gasteiger partial charge < -0.3 is 20.5 Å². The molecule has 0 aromatic heterocycles. The predicted octanol–water partition coefficient (Wildman–Crippen LogP) is 6.03. The number of halogens is 2. The fraction of sp³-hybridized carbons (Fsp3) is 0.0714. The standard InChI is InChI=1S/C28H22F2N2O4/c29-22-9-4-18(5-10-22)20-2-1-3-24(16-20)32-27(33)21-8-13-26(35-14-15-36-28(31)34)25(17-21)19-6-11-23(30)12-7-19/h1-13,16-17H,14-15H2,(H2,31,34)(H,32,33). The van der Waals surface area contributed by atoms with Gasteiger partial charge in [0.25, 0.3) is 5.91 Å². The molecule has 0 heterocycles. The minimum absolute atomic E-state index is 0.0405. The zero-order chi connectivity index (χ0) is 25.5. The van der Waals surface area contributed by atoms with Crippen LogP contribution in [-0.2, 0) is 4.74 Å². The van der Waals surface area contributed by atoms with E-state index in [9.17, 15) is 18.4 Å². The smallest absolute Gasteiger partial charge is 0.404 e. The van der Waals surface area contributed by atoms with Crippen LogP contribution in [0.1, 0.15) is 10.4 Å². The molecular weight excluding hydrogens is 466 g/mol. The lowest BCUT2D eigenvalue weighted by atomic mass is 10.0. The third-order valence-electron chi connectivity index (χ3n) is 5.28. The van der Waals surface area contributed by atoms with Crippen molar-refractivity contribution in [2.45, 2.75) is 0 Å². The molecule has 0 radical (unpaired) electrons. The van der Waals surface area contributed by atoms with Crippen molar-refractivity contribution in [3.05, 3.63) is 108 Å². The van der Waals surface area contributed by atoms with E-state index in [2.05, 4.69) is 10.1 Å². The number of amides is 2. The average Bonchev–Trinajstić information content (AvgIpc) is 2.87. The van der Waals surface area contributed by atoms with Gasteiger partial charge in [-0.25, -0.2) is 13.6 Å². The Kier molecular flexibility index (Phi) is 7.55. The summed E-state index contributed by atoms with van der Waals surface area (Å²) in [5, 5.41) is 2.87. The fourth-order valence-corrected chi connectivity index (χ4v) is 3.57. The van der Waals surface area contributed by atoms with Crippen molar-refractivity contribution < 1.29 is 27.8 Å². The van der Waals surface area contributed by atoms with E-state index in [1.54, 1.807) is 60.7 Å². The number of benzene rings is 4. The Morgan fingerprint density at radius 1 is 0.750 bits per heavy atom. The van der Waals surface area contributed by atoms with Crippen molar-refractivity contribution >= 4 is 17.7 Å². The maximum atomic E-state index is 13.5. The van der Waals surface area contributed by atoms with E-state index in [0.29, 0.717) is 28.1 Å². The van der Waals surface area contributed by atoms with E-state index in [0.717, 1.165) is 11.1 Å². The first-order valence-corrected chi connectivity index (χ1v) is 11.0. The van der Waals surface area contributed by atoms with Gasteiger partial charge in [0.05, 0.1) is 0 Å². The van der Waals surface area contributed by atoms with Gasteiger partial charge in [-0.2, -0.15) is 0 Å². The van der Waals surface area contributed by atoms with E-state index in [4.69, 9.17) is 10.5 Å². The summed E-state index contributed by atoms with van der Waals surface area (Å²) in [4.78, 5) is 23.8. The molecule has 4 aromatic carbocycles. The van der Waals surface area contributed by atoms with Crippen molar-refractivity contribution in [2.75, 3.05) is 18.5 Å². The largest absolute Gasteiger partial charge is 0.489 e. The first kappa shape index (κ1) is 24.4. The molecule has 6 nitrogen and oxygen atoms in total. The van der Waals surface area contributed by atoms with Gasteiger partial charge >= 0.3 is 6.09 Å². The molecule has 0 spiro atoms. The second-order valence-corrected chi connectivity index (χ2v) is 7.78. The highest BCUT2D eigenvalue weighted by molar-refractivity contribution is 6.05. The Hall–Kier alpha value is -4.72. The summed E-state index contributed by atoms with van der Waals surface area (Å²) in [5.41, 5.74) is 8.70. The minimum Gasteiger partial charge on any atom is -0.489 e. The van der Waals surface area contributed by atoms with Crippen molar-refractivity contribution in [2.24, 2.45) is 5.73 Å². The van der Waals surface area contributed by atoms with E-state index < -0.39 is 11.9 Å². The van der Waals surface area contributed by atoms with Crippen LogP contribution in [0.25, 0.3) is 22.3 Å². The summed E-state index contributed by atoms with van der Waals surface area (Å²) in [7, 11) is 0. The van der Waals surface area contributed by atoms with Crippen molar-refractivity contribution in [3.8, 4) is 28.0 Å². The predicted molar refractivity (Wildman–Crippen MR) is 133 cm³/mol. The number of hydrogen-bond acceptors (Lipinski definition) is 4. The van der Waals surface area contributed by atoms with Crippen LogP contribution in [0.4, 0.5) is 19.3 Å². The highest BCUT2D eigenvalue weighted by atomic mass is 19.1. The summed E-state index contributed by atoms with van der Waals surface area (Å²) < 4.78 is 37.1. The van der Waals surface area contributed by atoms with Gasteiger partial charge in [-0.1, -0.05) is 36.4 Å². The number of primary amides is 1. The number of hydrogen-bond donors (Lipinski definition) is 2. The topological polar surface area (TPSA) is 90.7 Å². The van der Waals surface area contributed by atoms with Gasteiger partial charge in [0.1, 0.15) is 30.6 Å². The molecule has 0 bridgehead atoms. The molecule has 0 saturated carbocycles. The monoisotopic (exact) mass is 488 g/mol.